The second kappa shape index (κ2) is 6.84. The molecule has 0 unspecified atom stereocenters. The molecule has 1 aromatic carbocycles. The minimum atomic E-state index is 0.207. The van der Waals surface area contributed by atoms with Crippen molar-refractivity contribution >= 4 is 11.3 Å². The summed E-state index contributed by atoms with van der Waals surface area (Å²) in [7, 11) is 0. The van der Waals surface area contributed by atoms with Crippen LogP contribution in [0.1, 0.15) is 22.8 Å². The first kappa shape index (κ1) is 16.1. The van der Waals surface area contributed by atoms with E-state index in [4.69, 9.17) is 0 Å². The summed E-state index contributed by atoms with van der Waals surface area (Å²) in [5.41, 5.74) is 4.51. The van der Waals surface area contributed by atoms with Gasteiger partial charge in [-0.1, -0.05) is 18.2 Å². The Hall–Kier alpha value is -3.41. The van der Waals surface area contributed by atoms with Crippen LogP contribution in [-0.2, 0) is 13.0 Å². The highest BCUT2D eigenvalue weighted by molar-refractivity contribution is 5.46. The molecule has 0 radical (unpaired) electrons. The lowest BCUT2D eigenvalue weighted by Crippen LogP contribution is -2.03. The molecule has 0 aliphatic rings. The number of aromatic nitrogens is 4. The monoisotopic (exact) mass is 345 g/mol. The number of aryl methyl sites for hydroxylation is 1. The molecule has 3 aromatic heterocycles. The molecule has 4 aromatic rings. The normalized spacial score (nSPS) is 11.0. The maximum Gasteiger partial charge on any atom is 0.160 e. The van der Waals surface area contributed by atoms with E-state index in [9.17, 15) is 5.11 Å². The average Bonchev–Trinajstić information content (AvgIpc) is 3.07. The number of benzene rings is 1. The fourth-order valence-corrected chi connectivity index (χ4v) is 2.85. The lowest BCUT2D eigenvalue weighted by molar-refractivity contribution is 0.464. The van der Waals surface area contributed by atoms with E-state index in [1.54, 1.807) is 12.1 Å². The molecule has 6 heteroatoms. The van der Waals surface area contributed by atoms with Crippen LogP contribution < -0.4 is 5.32 Å². The van der Waals surface area contributed by atoms with Crippen molar-refractivity contribution in [3.05, 3.63) is 83.6 Å². The molecule has 130 valence electrons. The minimum Gasteiger partial charge on any atom is -0.506 e. The topological polar surface area (TPSA) is 75.3 Å². The Labute approximate surface area is 151 Å². The van der Waals surface area contributed by atoms with Gasteiger partial charge in [0.1, 0.15) is 17.3 Å². The third kappa shape index (κ3) is 3.35. The highest BCUT2D eigenvalue weighted by Crippen LogP contribution is 2.18. The van der Waals surface area contributed by atoms with Crippen LogP contribution in [-0.4, -0.2) is 24.7 Å². The number of fused-ring (bicyclic) bond motifs is 1. The molecule has 0 saturated carbocycles. The fraction of sp³-hybridized carbons (Fsp3) is 0.150. The van der Waals surface area contributed by atoms with Crippen molar-refractivity contribution in [2.75, 3.05) is 5.32 Å². The Balaban J connectivity index is 1.44. The van der Waals surface area contributed by atoms with Crippen LogP contribution in [0.15, 0.2) is 60.8 Å². The second-order valence-corrected chi connectivity index (χ2v) is 6.19. The van der Waals surface area contributed by atoms with Gasteiger partial charge in [0.05, 0.1) is 6.54 Å². The Morgan fingerprint density at radius 1 is 1.00 bits per heavy atom. The van der Waals surface area contributed by atoms with Crippen LogP contribution in [0.3, 0.4) is 0 Å². The summed E-state index contributed by atoms with van der Waals surface area (Å²) in [4.78, 5) is 4.35. The molecule has 0 amide bonds. The molecule has 26 heavy (non-hydrogen) atoms. The van der Waals surface area contributed by atoms with Crippen molar-refractivity contribution in [1.29, 1.82) is 0 Å². The van der Waals surface area contributed by atoms with Crippen LogP contribution in [0.5, 0.6) is 5.75 Å². The molecule has 0 aliphatic heterocycles. The van der Waals surface area contributed by atoms with Gasteiger partial charge in [0.2, 0.25) is 0 Å². The van der Waals surface area contributed by atoms with Crippen LogP contribution in [0.25, 0.3) is 5.65 Å². The number of hydrogen-bond acceptors (Lipinski definition) is 5. The zero-order chi connectivity index (χ0) is 17.9. The number of nitrogens with one attached hydrogen (secondary N) is 1. The van der Waals surface area contributed by atoms with Gasteiger partial charge in [0.25, 0.3) is 0 Å². The van der Waals surface area contributed by atoms with Crippen molar-refractivity contribution in [2.45, 2.75) is 19.9 Å². The van der Waals surface area contributed by atoms with Crippen molar-refractivity contribution in [2.24, 2.45) is 0 Å². The zero-order valence-electron chi connectivity index (χ0n) is 14.4. The predicted molar refractivity (Wildman–Crippen MR) is 100 cm³/mol. The molecule has 0 aliphatic carbocycles. The summed E-state index contributed by atoms with van der Waals surface area (Å²) in [6.45, 7) is 2.38. The first-order valence-electron chi connectivity index (χ1n) is 8.46. The van der Waals surface area contributed by atoms with Crippen LogP contribution >= 0.6 is 0 Å². The Morgan fingerprint density at radius 3 is 2.69 bits per heavy atom. The van der Waals surface area contributed by atoms with Gasteiger partial charge in [-0.25, -0.2) is 0 Å². The van der Waals surface area contributed by atoms with Gasteiger partial charge in [0.15, 0.2) is 5.65 Å². The number of nitrogens with zero attached hydrogens (tertiary/aromatic N) is 4. The quantitative estimate of drug-likeness (QED) is 0.580. The molecule has 0 bridgehead atoms. The lowest BCUT2D eigenvalue weighted by atomic mass is 10.1. The van der Waals surface area contributed by atoms with Crippen LogP contribution in [0.4, 0.5) is 5.69 Å². The lowest BCUT2D eigenvalue weighted by Gasteiger charge is -2.09. The largest absolute Gasteiger partial charge is 0.506 e. The first-order valence-corrected chi connectivity index (χ1v) is 8.46. The SMILES string of the molecule is Cc1ccc(O)c(CNc2ccc(Cc3nnc4ccccn34)cc2)n1. The van der Waals surface area contributed by atoms with Gasteiger partial charge < -0.3 is 10.4 Å². The molecule has 2 N–H and O–H groups in total. The molecule has 0 spiro atoms. The number of pyridine rings is 2. The van der Waals surface area contributed by atoms with E-state index in [1.165, 1.54) is 0 Å². The highest BCUT2D eigenvalue weighted by atomic mass is 16.3. The summed E-state index contributed by atoms with van der Waals surface area (Å²) in [6.07, 6.45) is 2.69. The molecule has 0 saturated heterocycles. The first-order chi connectivity index (χ1) is 12.7. The maximum absolute atomic E-state index is 9.87. The molecular formula is C20H19N5O. The number of rotatable bonds is 5. The van der Waals surface area contributed by atoms with Crippen molar-refractivity contribution in [3.63, 3.8) is 0 Å². The third-order valence-corrected chi connectivity index (χ3v) is 4.25. The number of anilines is 1. The summed E-state index contributed by atoms with van der Waals surface area (Å²) < 4.78 is 2.00. The van der Waals surface area contributed by atoms with E-state index in [0.29, 0.717) is 18.7 Å². The van der Waals surface area contributed by atoms with E-state index < -0.39 is 0 Å². The van der Waals surface area contributed by atoms with Crippen LogP contribution in [0.2, 0.25) is 0 Å². The second-order valence-electron chi connectivity index (χ2n) is 6.19. The predicted octanol–water partition coefficient (Wildman–Crippen LogP) is 3.34. The summed E-state index contributed by atoms with van der Waals surface area (Å²) in [5.74, 6) is 1.12. The Bertz CT molecular complexity index is 1040. The smallest absolute Gasteiger partial charge is 0.160 e. The standard InChI is InChI=1S/C20H19N5O/c1-14-5-10-18(26)17(22-14)13-21-16-8-6-15(7-9-16)12-20-24-23-19-4-2-3-11-25(19)20/h2-11,21,26H,12-13H2,1H3. The maximum atomic E-state index is 9.87. The fourth-order valence-electron chi connectivity index (χ4n) is 2.85. The molecule has 3 heterocycles. The molecule has 0 atom stereocenters. The van der Waals surface area contributed by atoms with Crippen molar-refractivity contribution < 1.29 is 5.11 Å². The van der Waals surface area contributed by atoms with E-state index in [1.807, 2.05) is 47.9 Å². The Morgan fingerprint density at radius 2 is 1.85 bits per heavy atom. The molecule has 4 rings (SSSR count). The summed E-state index contributed by atoms with van der Waals surface area (Å²) in [6, 6.07) is 17.5. The van der Waals surface area contributed by atoms with Gasteiger partial charge in [-0.3, -0.25) is 9.38 Å². The van der Waals surface area contributed by atoms with E-state index in [2.05, 4.69) is 32.6 Å². The van der Waals surface area contributed by atoms with Crippen molar-refractivity contribution in [1.82, 2.24) is 19.6 Å². The zero-order valence-corrected chi connectivity index (χ0v) is 14.4. The number of hydrogen-bond donors (Lipinski definition) is 2. The Kier molecular flexibility index (Phi) is 4.23. The summed E-state index contributed by atoms with van der Waals surface area (Å²) >= 11 is 0. The van der Waals surface area contributed by atoms with Gasteiger partial charge in [-0.05, 0) is 48.9 Å². The van der Waals surface area contributed by atoms with Gasteiger partial charge in [-0.2, -0.15) is 0 Å². The number of aromatic hydroxyl groups is 1. The van der Waals surface area contributed by atoms with Gasteiger partial charge in [0, 0.05) is 24.0 Å². The van der Waals surface area contributed by atoms with E-state index in [0.717, 1.165) is 28.4 Å². The van der Waals surface area contributed by atoms with Crippen molar-refractivity contribution in [3.8, 4) is 5.75 Å². The van der Waals surface area contributed by atoms with E-state index in [-0.39, 0.29) is 5.75 Å². The van der Waals surface area contributed by atoms with Gasteiger partial charge in [-0.15, -0.1) is 10.2 Å². The molecule has 0 fully saturated rings. The van der Waals surface area contributed by atoms with E-state index >= 15 is 0 Å². The molecule has 6 nitrogen and oxygen atoms in total. The molecular weight excluding hydrogens is 326 g/mol. The highest BCUT2D eigenvalue weighted by Gasteiger charge is 2.06. The average molecular weight is 345 g/mol. The minimum absolute atomic E-state index is 0.207. The van der Waals surface area contributed by atoms with Gasteiger partial charge >= 0.3 is 0 Å². The third-order valence-electron chi connectivity index (χ3n) is 4.25. The van der Waals surface area contributed by atoms with Crippen LogP contribution in [0, 0.1) is 6.92 Å². The summed E-state index contributed by atoms with van der Waals surface area (Å²) in [5, 5.41) is 21.6.